The van der Waals surface area contributed by atoms with E-state index in [-0.39, 0.29) is 12.3 Å². The van der Waals surface area contributed by atoms with Crippen LogP contribution in [0.2, 0.25) is 0 Å². The van der Waals surface area contributed by atoms with Crippen molar-refractivity contribution in [1.29, 1.82) is 0 Å². The van der Waals surface area contributed by atoms with Gasteiger partial charge in [-0.1, -0.05) is 54.6 Å². The van der Waals surface area contributed by atoms with E-state index >= 15 is 0 Å². The standard InChI is InChI=1S/C24H24F3N2O6P/c25-24(26,27)20-14-19(29-23(30)21(28)15-35-36(31,32)33)10-11-22(20)34-13-12-16-6-8-18(9-7-16)17-4-2-1-3-5-17/h1-11,14,21H,12-13,15,28H2,(H,29,30)(H2,31,32,33)/t21-/m0/s1. The highest BCUT2D eigenvalue weighted by Crippen LogP contribution is 2.38. The van der Waals surface area contributed by atoms with Crippen LogP contribution >= 0.6 is 7.82 Å². The minimum Gasteiger partial charge on any atom is -0.493 e. The monoisotopic (exact) mass is 524 g/mol. The number of hydrogen-bond donors (Lipinski definition) is 4. The van der Waals surface area contributed by atoms with Gasteiger partial charge in [-0.25, -0.2) is 4.57 Å². The van der Waals surface area contributed by atoms with Gasteiger partial charge in [-0.2, -0.15) is 13.2 Å². The molecule has 12 heteroatoms. The number of alkyl halides is 3. The van der Waals surface area contributed by atoms with Gasteiger partial charge in [0.1, 0.15) is 11.8 Å². The maximum Gasteiger partial charge on any atom is 0.469 e. The average Bonchev–Trinajstić information content (AvgIpc) is 2.83. The largest absolute Gasteiger partial charge is 0.493 e. The smallest absolute Gasteiger partial charge is 0.469 e. The van der Waals surface area contributed by atoms with E-state index < -0.39 is 43.9 Å². The number of carbonyl (C=O) groups is 1. The van der Waals surface area contributed by atoms with Gasteiger partial charge in [0.25, 0.3) is 0 Å². The lowest BCUT2D eigenvalue weighted by Gasteiger charge is -2.17. The van der Waals surface area contributed by atoms with Crippen molar-refractivity contribution in [3.63, 3.8) is 0 Å². The Hall–Kier alpha value is -3.21. The van der Waals surface area contributed by atoms with Gasteiger partial charge in [-0.15, -0.1) is 0 Å². The summed E-state index contributed by atoms with van der Waals surface area (Å²) in [6, 6.07) is 18.8. The molecule has 0 fully saturated rings. The molecule has 0 radical (unpaired) electrons. The molecular weight excluding hydrogens is 500 g/mol. The van der Waals surface area contributed by atoms with E-state index in [4.69, 9.17) is 20.3 Å². The van der Waals surface area contributed by atoms with E-state index in [2.05, 4.69) is 9.84 Å². The van der Waals surface area contributed by atoms with Crippen LogP contribution in [0.15, 0.2) is 72.8 Å². The zero-order valence-electron chi connectivity index (χ0n) is 18.8. The third kappa shape index (κ3) is 8.18. The number of nitrogens with two attached hydrogens (primary N) is 1. The number of hydrogen-bond acceptors (Lipinski definition) is 5. The van der Waals surface area contributed by atoms with Crippen molar-refractivity contribution < 1.29 is 41.6 Å². The molecule has 0 spiro atoms. The third-order valence-electron chi connectivity index (χ3n) is 5.02. The molecule has 8 nitrogen and oxygen atoms in total. The molecule has 0 aliphatic heterocycles. The number of carbonyl (C=O) groups excluding carboxylic acids is 1. The lowest BCUT2D eigenvalue weighted by Crippen LogP contribution is -2.39. The van der Waals surface area contributed by atoms with Crippen LogP contribution < -0.4 is 15.8 Å². The Morgan fingerprint density at radius 2 is 1.64 bits per heavy atom. The van der Waals surface area contributed by atoms with Crippen LogP contribution in [0.4, 0.5) is 18.9 Å². The minimum atomic E-state index is -4.85. The van der Waals surface area contributed by atoms with Gasteiger partial charge in [-0.3, -0.25) is 9.32 Å². The molecule has 3 aromatic rings. The van der Waals surface area contributed by atoms with Crippen LogP contribution in [-0.4, -0.2) is 34.9 Å². The van der Waals surface area contributed by atoms with E-state index in [9.17, 15) is 22.5 Å². The molecule has 36 heavy (non-hydrogen) atoms. The molecule has 0 aliphatic carbocycles. The molecule has 0 unspecified atom stereocenters. The van der Waals surface area contributed by atoms with Gasteiger partial charge >= 0.3 is 14.0 Å². The maximum atomic E-state index is 13.6. The molecule has 3 rings (SSSR count). The predicted octanol–water partition coefficient (Wildman–Crippen LogP) is 4.37. The number of phosphoric ester groups is 1. The number of nitrogens with one attached hydrogen (secondary N) is 1. The van der Waals surface area contributed by atoms with Gasteiger partial charge in [0.05, 0.1) is 18.8 Å². The van der Waals surface area contributed by atoms with Crippen molar-refractivity contribution >= 4 is 19.4 Å². The quantitative estimate of drug-likeness (QED) is 0.290. The molecule has 0 bridgehead atoms. The summed E-state index contributed by atoms with van der Waals surface area (Å²) in [6.07, 6.45) is -4.39. The lowest BCUT2D eigenvalue weighted by atomic mass is 10.0. The Kier molecular flexibility index (Phi) is 8.89. The summed E-state index contributed by atoms with van der Waals surface area (Å²) >= 11 is 0. The van der Waals surface area contributed by atoms with Gasteiger partial charge in [0, 0.05) is 12.1 Å². The fraction of sp³-hybridized carbons (Fsp3) is 0.208. The molecule has 0 aliphatic rings. The normalized spacial score (nSPS) is 12.7. The van der Waals surface area contributed by atoms with Crippen LogP contribution in [-0.2, 0) is 26.5 Å². The first-order valence-electron chi connectivity index (χ1n) is 10.7. The zero-order chi connectivity index (χ0) is 26.3. The first-order valence-corrected chi connectivity index (χ1v) is 12.2. The summed E-state index contributed by atoms with van der Waals surface area (Å²) in [7, 11) is -4.85. The summed E-state index contributed by atoms with van der Waals surface area (Å²) < 4.78 is 61.1. The molecule has 192 valence electrons. The van der Waals surface area contributed by atoms with Crippen LogP contribution in [0.5, 0.6) is 5.75 Å². The predicted molar refractivity (Wildman–Crippen MR) is 127 cm³/mol. The van der Waals surface area contributed by atoms with E-state index in [0.717, 1.165) is 22.8 Å². The number of phosphoric acid groups is 1. The number of benzene rings is 3. The first kappa shape index (κ1) is 27.4. The Labute approximate surface area is 205 Å². The molecule has 5 N–H and O–H groups in total. The Morgan fingerprint density at radius 3 is 2.25 bits per heavy atom. The molecule has 0 saturated carbocycles. The molecule has 0 saturated heterocycles. The van der Waals surface area contributed by atoms with Gasteiger partial charge in [-0.05, 0) is 34.9 Å². The summed E-state index contributed by atoms with van der Waals surface area (Å²) in [5, 5.41) is 2.17. The highest BCUT2D eigenvalue weighted by molar-refractivity contribution is 7.46. The van der Waals surface area contributed by atoms with Crippen molar-refractivity contribution in [2.75, 3.05) is 18.5 Å². The number of halogens is 3. The number of rotatable bonds is 10. The highest BCUT2D eigenvalue weighted by atomic mass is 31.2. The van der Waals surface area contributed by atoms with Crippen molar-refractivity contribution in [3.05, 3.63) is 83.9 Å². The molecule has 0 aromatic heterocycles. The zero-order valence-corrected chi connectivity index (χ0v) is 19.7. The summed E-state index contributed by atoms with van der Waals surface area (Å²) in [6.45, 7) is -0.834. The van der Waals surface area contributed by atoms with Crippen molar-refractivity contribution in [2.45, 2.75) is 18.6 Å². The van der Waals surface area contributed by atoms with Crippen LogP contribution in [0.25, 0.3) is 11.1 Å². The first-order chi connectivity index (χ1) is 16.9. The second-order valence-electron chi connectivity index (χ2n) is 7.75. The number of anilines is 1. The molecule has 3 aromatic carbocycles. The Bertz CT molecular complexity index is 1220. The minimum absolute atomic E-state index is 0.00986. The number of ether oxygens (including phenoxy) is 1. The van der Waals surface area contributed by atoms with Crippen molar-refractivity contribution in [2.24, 2.45) is 5.73 Å². The SMILES string of the molecule is N[C@@H](COP(=O)(O)O)C(=O)Nc1ccc(OCCc2ccc(-c3ccccc3)cc2)c(C(F)(F)F)c1. The van der Waals surface area contributed by atoms with Gasteiger partial charge in [0.15, 0.2) is 0 Å². The average molecular weight is 524 g/mol. The lowest BCUT2D eigenvalue weighted by molar-refractivity contribution is -0.139. The summed E-state index contributed by atoms with van der Waals surface area (Å²) in [4.78, 5) is 29.4. The third-order valence-corrected chi connectivity index (χ3v) is 5.51. The molecule has 1 atom stereocenters. The molecule has 1 amide bonds. The summed E-state index contributed by atoms with van der Waals surface area (Å²) in [5.41, 5.74) is 7.10. The molecule has 0 heterocycles. The highest BCUT2D eigenvalue weighted by Gasteiger charge is 2.35. The molecular formula is C24H24F3N2O6P. The second kappa shape index (κ2) is 11.7. The van der Waals surface area contributed by atoms with E-state index in [0.29, 0.717) is 12.5 Å². The number of amides is 1. The fourth-order valence-electron chi connectivity index (χ4n) is 3.22. The Morgan fingerprint density at radius 1 is 1.00 bits per heavy atom. The Balaban J connectivity index is 1.62. The van der Waals surface area contributed by atoms with Crippen LogP contribution in [0.3, 0.4) is 0 Å². The van der Waals surface area contributed by atoms with Crippen molar-refractivity contribution in [1.82, 2.24) is 0 Å². The topological polar surface area (TPSA) is 131 Å². The van der Waals surface area contributed by atoms with Crippen LogP contribution in [0, 0.1) is 0 Å². The van der Waals surface area contributed by atoms with Crippen LogP contribution in [0.1, 0.15) is 11.1 Å². The second-order valence-corrected chi connectivity index (χ2v) is 8.99. The van der Waals surface area contributed by atoms with E-state index in [1.165, 1.54) is 6.07 Å². The van der Waals surface area contributed by atoms with Gasteiger partial charge in [0.2, 0.25) is 5.91 Å². The van der Waals surface area contributed by atoms with Gasteiger partial charge < -0.3 is 25.6 Å². The summed E-state index contributed by atoms with van der Waals surface area (Å²) in [5.74, 6) is -1.39. The van der Waals surface area contributed by atoms with E-state index in [1.54, 1.807) is 0 Å². The maximum absolute atomic E-state index is 13.6. The van der Waals surface area contributed by atoms with Crippen molar-refractivity contribution in [3.8, 4) is 16.9 Å². The van der Waals surface area contributed by atoms with E-state index in [1.807, 2.05) is 54.6 Å². The fourth-order valence-corrected chi connectivity index (χ4v) is 3.57.